The molecule has 0 spiro atoms. The lowest BCUT2D eigenvalue weighted by molar-refractivity contribution is 0.133. The molecule has 0 bridgehead atoms. The van der Waals surface area contributed by atoms with E-state index >= 15 is 0 Å². The van der Waals surface area contributed by atoms with Crippen LogP contribution in [-0.2, 0) is 0 Å². The molecule has 1 fully saturated rings. The van der Waals surface area contributed by atoms with Gasteiger partial charge < -0.3 is 9.80 Å². The summed E-state index contributed by atoms with van der Waals surface area (Å²) in [6, 6.07) is 0.795. The summed E-state index contributed by atoms with van der Waals surface area (Å²) >= 11 is 3.48. The highest BCUT2D eigenvalue weighted by Gasteiger charge is 2.20. The monoisotopic (exact) mass is 262 g/mol. The minimum atomic E-state index is 0.795. The quantitative estimate of drug-likeness (QED) is 0.554. The fourth-order valence-electron chi connectivity index (χ4n) is 2.14. The molecule has 1 unspecified atom stereocenters. The van der Waals surface area contributed by atoms with E-state index in [-0.39, 0.29) is 0 Å². The summed E-state index contributed by atoms with van der Waals surface area (Å²) in [5.74, 6) is 0. The van der Waals surface area contributed by atoms with Gasteiger partial charge in [-0.15, -0.1) is 0 Å². The molecule has 0 saturated carbocycles. The molecule has 1 aliphatic heterocycles. The normalized spacial score (nSPS) is 24.4. The zero-order chi connectivity index (χ0) is 10.4. The van der Waals surface area contributed by atoms with Crippen LogP contribution in [0.5, 0.6) is 0 Å². The Balaban J connectivity index is 2.18. The molecule has 1 atom stereocenters. The molecule has 0 radical (unpaired) electrons. The molecule has 3 heteroatoms. The molecule has 1 heterocycles. The molecule has 1 aliphatic rings. The second-order valence-electron chi connectivity index (χ2n) is 4.43. The largest absolute Gasteiger partial charge is 0.305 e. The minimum Gasteiger partial charge on any atom is -0.305 e. The Kier molecular flexibility index (Phi) is 6.06. The second kappa shape index (κ2) is 6.81. The fraction of sp³-hybridized carbons (Fsp3) is 1.00. The Morgan fingerprint density at radius 2 is 2.21 bits per heavy atom. The van der Waals surface area contributed by atoms with Crippen LogP contribution in [0.2, 0.25) is 0 Å². The van der Waals surface area contributed by atoms with Crippen molar-refractivity contribution in [2.75, 3.05) is 39.1 Å². The van der Waals surface area contributed by atoms with E-state index < -0.39 is 0 Å². The van der Waals surface area contributed by atoms with Gasteiger partial charge in [0.15, 0.2) is 0 Å². The molecular weight excluding hydrogens is 240 g/mol. The van der Waals surface area contributed by atoms with Gasteiger partial charge in [-0.25, -0.2) is 0 Å². The molecule has 0 N–H and O–H groups in total. The van der Waals surface area contributed by atoms with Gasteiger partial charge in [0.05, 0.1) is 0 Å². The predicted molar refractivity (Wildman–Crippen MR) is 66.2 cm³/mol. The van der Waals surface area contributed by atoms with Crippen molar-refractivity contribution in [3.63, 3.8) is 0 Å². The van der Waals surface area contributed by atoms with Crippen molar-refractivity contribution in [3.05, 3.63) is 0 Å². The Morgan fingerprint density at radius 1 is 1.43 bits per heavy atom. The third kappa shape index (κ3) is 4.28. The summed E-state index contributed by atoms with van der Waals surface area (Å²) in [5.41, 5.74) is 0. The summed E-state index contributed by atoms with van der Waals surface area (Å²) in [6.45, 7) is 3.79. The Bertz CT molecular complexity index is 152. The standard InChI is InChI=1S/C11H23BrN2/c1-13-8-5-6-11(10-13)14(2)9-4-3-7-12/h11H,3-10H2,1-2H3. The van der Waals surface area contributed by atoms with Gasteiger partial charge in [0.25, 0.3) is 0 Å². The van der Waals surface area contributed by atoms with Gasteiger partial charge >= 0.3 is 0 Å². The maximum atomic E-state index is 3.48. The van der Waals surface area contributed by atoms with Crippen molar-refractivity contribution in [2.24, 2.45) is 0 Å². The predicted octanol–water partition coefficient (Wildman–Crippen LogP) is 2.19. The lowest BCUT2D eigenvalue weighted by Crippen LogP contribution is -2.45. The SMILES string of the molecule is CN1CCCC(N(C)CCCCBr)C1. The van der Waals surface area contributed by atoms with E-state index in [2.05, 4.69) is 39.8 Å². The van der Waals surface area contributed by atoms with Crippen molar-refractivity contribution in [3.8, 4) is 0 Å². The van der Waals surface area contributed by atoms with Crippen molar-refractivity contribution in [2.45, 2.75) is 31.7 Å². The van der Waals surface area contributed by atoms with Crippen molar-refractivity contribution in [1.82, 2.24) is 9.80 Å². The van der Waals surface area contributed by atoms with Crippen LogP contribution >= 0.6 is 15.9 Å². The van der Waals surface area contributed by atoms with Crippen molar-refractivity contribution in [1.29, 1.82) is 0 Å². The number of hydrogen-bond acceptors (Lipinski definition) is 2. The molecular formula is C11H23BrN2. The molecule has 1 rings (SSSR count). The maximum Gasteiger partial charge on any atom is 0.0220 e. The first kappa shape index (κ1) is 12.5. The number of alkyl halides is 1. The highest BCUT2D eigenvalue weighted by atomic mass is 79.9. The highest BCUT2D eigenvalue weighted by molar-refractivity contribution is 9.09. The molecule has 14 heavy (non-hydrogen) atoms. The number of halogens is 1. The average molecular weight is 263 g/mol. The number of likely N-dealkylation sites (N-methyl/N-ethyl adjacent to an activating group) is 2. The fourth-order valence-corrected chi connectivity index (χ4v) is 2.53. The third-order valence-corrected chi connectivity index (χ3v) is 3.68. The summed E-state index contributed by atoms with van der Waals surface area (Å²) in [6.07, 6.45) is 5.37. The van der Waals surface area contributed by atoms with Crippen LogP contribution in [0.25, 0.3) is 0 Å². The number of likely N-dealkylation sites (tertiary alicyclic amines) is 1. The first-order valence-corrected chi connectivity index (χ1v) is 6.81. The lowest BCUT2D eigenvalue weighted by atomic mass is 10.0. The number of rotatable bonds is 5. The van der Waals surface area contributed by atoms with E-state index in [4.69, 9.17) is 0 Å². The van der Waals surface area contributed by atoms with E-state index in [1.54, 1.807) is 0 Å². The van der Waals surface area contributed by atoms with E-state index in [0.717, 1.165) is 11.4 Å². The summed E-state index contributed by atoms with van der Waals surface area (Å²) in [4.78, 5) is 4.99. The Hall–Kier alpha value is 0.400. The van der Waals surface area contributed by atoms with Gasteiger partial charge in [0.2, 0.25) is 0 Å². The number of unbranched alkanes of at least 4 members (excludes halogenated alkanes) is 1. The molecule has 0 aromatic carbocycles. The Labute approximate surface area is 96.8 Å². The maximum absolute atomic E-state index is 3.48. The zero-order valence-electron chi connectivity index (χ0n) is 9.51. The number of hydrogen-bond donors (Lipinski definition) is 0. The van der Waals surface area contributed by atoms with Gasteiger partial charge in [0.1, 0.15) is 0 Å². The molecule has 1 saturated heterocycles. The van der Waals surface area contributed by atoms with Crippen LogP contribution in [0.15, 0.2) is 0 Å². The number of piperidine rings is 1. The topological polar surface area (TPSA) is 6.48 Å². The van der Waals surface area contributed by atoms with E-state index in [0.29, 0.717) is 0 Å². The highest BCUT2D eigenvalue weighted by Crippen LogP contribution is 2.13. The first-order chi connectivity index (χ1) is 6.74. The van der Waals surface area contributed by atoms with E-state index in [1.165, 1.54) is 45.3 Å². The third-order valence-electron chi connectivity index (χ3n) is 3.12. The van der Waals surface area contributed by atoms with E-state index in [9.17, 15) is 0 Å². The molecule has 2 nitrogen and oxygen atoms in total. The molecule has 0 aromatic rings. The van der Waals surface area contributed by atoms with Gasteiger partial charge in [-0.3, -0.25) is 0 Å². The van der Waals surface area contributed by atoms with Crippen LogP contribution in [0.4, 0.5) is 0 Å². The van der Waals surface area contributed by atoms with Crippen LogP contribution < -0.4 is 0 Å². The molecule has 0 amide bonds. The van der Waals surface area contributed by atoms with Crippen LogP contribution in [0, 0.1) is 0 Å². The second-order valence-corrected chi connectivity index (χ2v) is 5.23. The summed E-state index contributed by atoms with van der Waals surface area (Å²) in [7, 11) is 4.51. The Morgan fingerprint density at radius 3 is 2.86 bits per heavy atom. The van der Waals surface area contributed by atoms with Gasteiger partial charge in [0, 0.05) is 17.9 Å². The summed E-state index contributed by atoms with van der Waals surface area (Å²) < 4.78 is 0. The summed E-state index contributed by atoms with van der Waals surface area (Å²) in [5, 5.41) is 1.14. The van der Waals surface area contributed by atoms with Crippen molar-refractivity contribution < 1.29 is 0 Å². The van der Waals surface area contributed by atoms with Crippen LogP contribution in [0.3, 0.4) is 0 Å². The molecule has 0 aliphatic carbocycles. The first-order valence-electron chi connectivity index (χ1n) is 5.69. The van der Waals surface area contributed by atoms with Gasteiger partial charge in [-0.1, -0.05) is 15.9 Å². The lowest BCUT2D eigenvalue weighted by Gasteiger charge is -2.35. The van der Waals surface area contributed by atoms with Gasteiger partial charge in [-0.05, 0) is 52.9 Å². The minimum absolute atomic E-state index is 0.795. The molecule has 0 aromatic heterocycles. The number of nitrogens with zero attached hydrogens (tertiary/aromatic N) is 2. The zero-order valence-corrected chi connectivity index (χ0v) is 11.1. The van der Waals surface area contributed by atoms with Crippen molar-refractivity contribution >= 4 is 15.9 Å². The van der Waals surface area contributed by atoms with Crippen LogP contribution in [0.1, 0.15) is 25.7 Å². The smallest absolute Gasteiger partial charge is 0.0220 e. The van der Waals surface area contributed by atoms with Crippen LogP contribution in [-0.4, -0.2) is 54.9 Å². The van der Waals surface area contributed by atoms with E-state index in [1.807, 2.05) is 0 Å². The molecule has 84 valence electrons. The van der Waals surface area contributed by atoms with Gasteiger partial charge in [-0.2, -0.15) is 0 Å². The average Bonchev–Trinajstić information content (AvgIpc) is 2.18.